The molecule has 0 aliphatic carbocycles. The SMILES string of the molecule is O=C1CC/C=C\CN(Cc2ccccc2)C(=O)[C@H]2N(CCCCO)C(=O)[C@@H]3[C@@H](C(=O)O[C@@H](c4ccccc4)CN1)[C@@H]1O[C@@]32C=C1Br. The van der Waals surface area contributed by atoms with Crippen molar-refractivity contribution in [2.75, 3.05) is 26.2 Å². The fourth-order valence-electron chi connectivity index (χ4n) is 7.05. The summed E-state index contributed by atoms with van der Waals surface area (Å²) in [6, 6.07) is 17.7. The average Bonchev–Trinajstić information content (AvgIpc) is 3.65. The molecule has 2 aromatic rings. The number of carbonyl (C=O) groups is 4. The average molecular weight is 693 g/mol. The summed E-state index contributed by atoms with van der Waals surface area (Å²) in [5, 5.41) is 12.4. The van der Waals surface area contributed by atoms with Crippen LogP contribution in [0.15, 0.2) is 83.4 Å². The number of unbranched alkanes of at least 4 members (excludes halogenated alkanes) is 1. The van der Waals surface area contributed by atoms with E-state index in [-0.39, 0.29) is 50.4 Å². The van der Waals surface area contributed by atoms with Gasteiger partial charge in [0.15, 0.2) is 0 Å². The molecule has 0 saturated carbocycles. The Morgan fingerprint density at radius 3 is 2.43 bits per heavy atom. The first-order chi connectivity index (χ1) is 22.3. The van der Waals surface area contributed by atoms with Gasteiger partial charge in [0, 0.05) is 37.1 Å². The minimum absolute atomic E-state index is 0.0451. The molecule has 6 atom stereocenters. The Bertz CT molecular complexity index is 1520. The lowest BCUT2D eigenvalue weighted by atomic mass is 9.74. The number of cyclic esters (lactones) is 1. The van der Waals surface area contributed by atoms with Gasteiger partial charge in [0.1, 0.15) is 29.8 Å². The summed E-state index contributed by atoms with van der Waals surface area (Å²) in [7, 11) is 0. The molecule has 4 aliphatic heterocycles. The van der Waals surface area contributed by atoms with Gasteiger partial charge in [0.25, 0.3) is 0 Å². The van der Waals surface area contributed by atoms with Crippen molar-refractivity contribution >= 4 is 39.6 Å². The predicted octanol–water partition coefficient (Wildman–Crippen LogP) is 3.41. The molecule has 0 unspecified atom stereocenters. The molecule has 46 heavy (non-hydrogen) atoms. The fraction of sp³-hybridized carbons (Fsp3) is 0.429. The maximum atomic E-state index is 14.7. The molecule has 3 amide bonds. The molecule has 6 rings (SSSR count). The molecule has 10 nitrogen and oxygen atoms in total. The van der Waals surface area contributed by atoms with Crippen molar-refractivity contribution in [3.05, 3.63) is 94.5 Å². The van der Waals surface area contributed by atoms with E-state index in [0.29, 0.717) is 35.9 Å². The van der Waals surface area contributed by atoms with Gasteiger partial charge in [-0.15, -0.1) is 0 Å². The van der Waals surface area contributed by atoms with Gasteiger partial charge in [0.05, 0.1) is 12.5 Å². The van der Waals surface area contributed by atoms with E-state index in [2.05, 4.69) is 21.2 Å². The first-order valence-electron chi connectivity index (χ1n) is 15.8. The minimum Gasteiger partial charge on any atom is -0.455 e. The van der Waals surface area contributed by atoms with E-state index in [1.54, 1.807) is 15.9 Å². The topological polar surface area (TPSA) is 125 Å². The van der Waals surface area contributed by atoms with Crippen molar-refractivity contribution in [3.63, 3.8) is 0 Å². The third-order valence-electron chi connectivity index (χ3n) is 9.21. The van der Waals surface area contributed by atoms with Crippen molar-refractivity contribution in [1.82, 2.24) is 15.1 Å². The number of nitrogens with zero attached hydrogens (tertiary/aromatic N) is 2. The summed E-state index contributed by atoms with van der Waals surface area (Å²) in [5.74, 6) is -3.46. The second kappa shape index (κ2) is 13.9. The van der Waals surface area contributed by atoms with E-state index in [1.807, 2.05) is 72.8 Å². The molecule has 242 valence electrons. The molecule has 1 spiro atoms. The van der Waals surface area contributed by atoms with Gasteiger partial charge in [-0.3, -0.25) is 19.2 Å². The number of allylic oxidation sites excluding steroid dienone is 1. The van der Waals surface area contributed by atoms with Gasteiger partial charge in [-0.2, -0.15) is 0 Å². The van der Waals surface area contributed by atoms with Crippen molar-refractivity contribution in [1.29, 1.82) is 0 Å². The van der Waals surface area contributed by atoms with E-state index in [4.69, 9.17) is 9.47 Å². The van der Waals surface area contributed by atoms with Crippen molar-refractivity contribution in [2.45, 2.75) is 56.1 Å². The molecule has 2 saturated heterocycles. The van der Waals surface area contributed by atoms with Crippen molar-refractivity contribution in [2.24, 2.45) is 11.8 Å². The van der Waals surface area contributed by atoms with Crippen LogP contribution in [0.5, 0.6) is 0 Å². The number of likely N-dealkylation sites (tertiary alicyclic amines) is 1. The van der Waals surface area contributed by atoms with Gasteiger partial charge in [0.2, 0.25) is 17.7 Å². The number of nitrogens with one attached hydrogen (secondary N) is 1. The number of rotatable bonds is 7. The fourth-order valence-corrected chi connectivity index (χ4v) is 7.79. The molecule has 2 aromatic carbocycles. The molecular weight excluding hydrogens is 654 g/mol. The summed E-state index contributed by atoms with van der Waals surface area (Å²) in [4.78, 5) is 59.2. The molecular formula is C35H38BrN3O7. The monoisotopic (exact) mass is 691 g/mol. The molecule has 4 heterocycles. The molecule has 2 fully saturated rings. The van der Waals surface area contributed by atoms with Crippen LogP contribution in [0.1, 0.15) is 42.9 Å². The number of halogens is 1. The maximum absolute atomic E-state index is 14.7. The van der Waals surface area contributed by atoms with E-state index in [1.165, 1.54) is 0 Å². The highest BCUT2D eigenvalue weighted by atomic mass is 79.9. The van der Waals surface area contributed by atoms with Crippen LogP contribution in [0.25, 0.3) is 0 Å². The van der Waals surface area contributed by atoms with Crippen molar-refractivity contribution in [3.8, 4) is 0 Å². The number of hydrogen-bond donors (Lipinski definition) is 2. The van der Waals surface area contributed by atoms with Gasteiger partial charge in [-0.25, -0.2) is 0 Å². The zero-order valence-corrected chi connectivity index (χ0v) is 27.0. The van der Waals surface area contributed by atoms with Gasteiger partial charge >= 0.3 is 5.97 Å². The number of hydrogen-bond acceptors (Lipinski definition) is 7. The first kappa shape index (κ1) is 32.2. The van der Waals surface area contributed by atoms with Crippen LogP contribution in [0.4, 0.5) is 0 Å². The Balaban J connectivity index is 1.41. The minimum atomic E-state index is -1.39. The number of benzene rings is 2. The zero-order chi connectivity index (χ0) is 32.3. The largest absolute Gasteiger partial charge is 0.455 e. The van der Waals surface area contributed by atoms with E-state index in [0.717, 1.165) is 5.56 Å². The number of aliphatic hydroxyl groups excluding tert-OH is 1. The second-order valence-electron chi connectivity index (χ2n) is 12.1. The Morgan fingerprint density at radius 2 is 1.70 bits per heavy atom. The molecule has 0 aromatic heterocycles. The highest BCUT2D eigenvalue weighted by molar-refractivity contribution is 9.11. The van der Waals surface area contributed by atoms with Crippen LogP contribution in [-0.2, 0) is 35.2 Å². The van der Waals surface area contributed by atoms with Crippen LogP contribution < -0.4 is 5.32 Å². The third kappa shape index (κ3) is 6.15. The van der Waals surface area contributed by atoms with E-state index in [9.17, 15) is 24.3 Å². The molecule has 2 N–H and O–H groups in total. The first-order valence-corrected chi connectivity index (χ1v) is 16.6. The highest BCUT2D eigenvalue weighted by Gasteiger charge is 2.74. The lowest BCUT2D eigenvalue weighted by molar-refractivity contribution is -0.159. The summed E-state index contributed by atoms with van der Waals surface area (Å²) < 4.78 is 13.3. The predicted molar refractivity (Wildman–Crippen MR) is 172 cm³/mol. The Hall–Kier alpha value is -3.80. The normalized spacial score (nSPS) is 30.6. The molecule has 5 bridgehead atoms. The van der Waals surface area contributed by atoms with Crippen LogP contribution in [0, 0.1) is 11.8 Å². The van der Waals surface area contributed by atoms with Gasteiger partial charge in [-0.1, -0.05) is 88.7 Å². The standard InChI is InChI=1S/C35H38BrN3O7/c36-25-20-35-29-28(30(25)46-35)34(44)45-26(24-14-6-2-7-15-24)21-37-27(41)16-8-3-9-17-38(22-23-12-4-1-5-13-23)33(43)31(35)39(32(29)42)18-10-11-19-40/h1-7,9,12-15,20,26,28-31,40H,8,10-11,16-19,21-22H2,(H,37,41)/b9-3-/t26-,28-,29+,30-,31-,35+/m1/s1. The van der Waals surface area contributed by atoms with E-state index >= 15 is 0 Å². The zero-order valence-electron chi connectivity index (χ0n) is 25.4. The van der Waals surface area contributed by atoms with Crippen molar-refractivity contribution < 1.29 is 33.8 Å². The molecule has 11 heteroatoms. The van der Waals surface area contributed by atoms with Crippen LogP contribution >= 0.6 is 15.9 Å². The lowest BCUT2D eigenvalue weighted by Crippen LogP contribution is -2.55. The number of fused-ring (bicyclic) bond motifs is 2. The lowest BCUT2D eigenvalue weighted by Gasteiger charge is -2.36. The highest BCUT2D eigenvalue weighted by Crippen LogP contribution is 2.59. The van der Waals surface area contributed by atoms with Gasteiger partial charge < -0.3 is 29.7 Å². The number of amides is 3. The number of carbonyl (C=O) groups excluding carboxylic acids is 4. The Morgan fingerprint density at radius 1 is 0.957 bits per heavy atom. The quantitative estimate of drug-likeness (QED) is 0.259. The number of aliphatic hydroxyl groups is 1. The second-order valence-corrected chi connectivity index (χ2v) is 13.1. The summed E-state index contributed by atoms with van der Waals surface area (Å²) in [6.07, 6.45) is 5.56. The van der Waals surface area contributed by atoms with Crippen LogP contribution in [0.3, 0.4) is 0 Å². The Labute approximate surface area is 276 Å². The molecule has 0 radical (unpaired) electrons. The molecule has 4 aliphatic rings. The summed E-state index contributed by atoms with van der Waals surface area (Å²) in [6.45, 7) is 0.788. The van der Waals surface area contributed by atoms with Crippen LogP contribution in [0.2, 0.25) is 0 Å². The summed E-state index contributed by atoms with van der Waals surface area (Å²) >= 11 is 3.59. The number of esters is 1. The summed E-state index contributed by atoms with van der Waals surface area (Å²) in [5.41, 5.74) is 0.237. The van der Waals surface area contributed by atoms with Crippen LogP contribution in [-0.4, -0.2) is 82.6 Å². The van der Waals surface area contributed by atoms with Gasteiger partial charge in [-0.05, 0) is 36.5 Å². The number of ether oxygens (including phenoxy) is 2. The smallest absolute Gasteiger partial charge is 0.313 e. The third-order valence-corrected chi connectivity index (χ3v) is 9.89. The maximum Gasteiger partial charge on any atom is 0.313 e. The van der Waals surface area contributed by atoms with E-state index < -0.39 is 41.7 Å². The Kier molecular flexibility index (Phi) is 9.72.